The van der Waals surface area contributed by atoms with E-state index >= 15 is 0 Å². The van der Waals surface area contributed by atoms with Crippen molar-refractivity contribution in [3.8, 4) is 17.6 Å². The number of nitrogens with one attached hydrogen (secondary N) is 1. The molecule has 0 aromatic heterocycles. The highest BCUT2D eigenvalue weighted by Gasteiger charge is 2.19. The Bertz CT molecular complexity index is 882. The van der Waals surface area contributed by atoms with Crippen LogP contribution in [0.5, 0.6) is 11.5 Å². The van der Waals surface area contributed by atoms with Gasteiger partial charge in [0.15, 0.2) is 0 Å². The Labute approximate surface area is 142 Å². The summed E-state index contributed by atoms with van der Waals surface area (Å²) in [4.78, 5) is 22.7. The molecule has 0 bridgehead atoms. The van der Waals surface area contributed by atoms with Gasteiger partial charge in [0, 0.05) is 0 Å². The number of hydrogen-bond donors (Lipinski definition) is 2. The molecule has 0 aliphatic rings. The van der Waals surface area contributed by atoms with E-state index in [1.54, 1.807) is 6.07 Å². The second-order valence-corrected chi connectivity index (χ2v) is 4.86. The first-order valence-electron chi connectivity index (χ1n) is 6.99. The third-order valence-corrected chi connectivity index (χ3v) is 3.22. The van der Waals surface area contributed by atoms with Crippen LogP contribution in [-0.4, -0.2) is 23.0 Å². The zero-order valence-corrected chi connectivity index (χ0v) is 13.1. The molecule has 8 nitrogen and oxygen atoms in total. The number of phenols is 1. The predicted octanol–water partition coefficient (Wildman–Crippen LogP) is 2.85. The van der Waals surface area contributed by atoms with Gasteiger partial charge in [-0.2, -0.15) is 5.26 Å². The molecule has 0 radical (unpaired) electrons. The van der Waals surface area contributed by atoms with Crippen LogP contribution < -0.4 is 10.1 Å². The van der Waals surface area contributed by atoms with Crippen LogP contribution in [0.3, 0.4) is 0 Å². The first kappa shape index (κ1) is 17.5. The summed E-state index contributed by atoms with van der Waals surface area (Å²) in [7, 11) is 1.37. The molecule has 25 heavy (non-hydrogen) atoms. The van der Waals surface area contributed by atoms with Crippen molar-refractivity contribution in [1.82, 2.24) is 0 Å². The first-order valence-corrected chi connectivity index (χ1v) is 6.99. The third-order valence-electron chi connectivity index (χ3n) is 3.22. The number of carbonyl (C=O) groups is 1. The molecule has 8 heteroatoms. The number of nitro benzene ring substituents is 1. The number of methoxy groups -OCH3 is 1. The summed E-state index contributed by atoms with van der Waals surface area (Å²) in [6.07, 6.45) is 1.31. The summed E-state index contributed by atoms with van der Waals surface area (Å²) in [5, 5.41) is 31.9. The van der Waals surface area contributed by atoms with Crippen molar-refractivity contribution in [2.24, 2.45) is 0 Å². The van der Waals surface area contributed by atoms with E-state index in [9.17, 15) is 20.0 Å². The molecule has 126 valence electrons. The van der Waals surface area contributed by atoms with Gasteiger partial charge in [-0.25, -0.2) is 0 Å². The number of benzene rings is 2. The summed E-state index contributed by atoms with van der Waals surface area (Å²) in [5.41, 5.74) is -0.123. The average Bonchev–Trinajstić information content (AvgIpc) is 2.61. The van der Waals surface area contributed by atoms with Gasteiger partial charge in [0.2, 0.25) is 0 Å². The van der Waals surface area contributed by atoms with Gasteiger partial charge >= 0.3 is 0 Å². The van der Waals surface area contributed by atoms with Gasteiger partial charge in [0.05, 0.1) is 18.1 Å². The van der Waals surface area contributed by atoms with Gasteiger partial charge in [-0.3, -0.25) is 14.9 Å². The van der Waals surface area contributed by atoms with Gasteiger partial charge in [-0.15, -0.1) is 0 Å². The number of nitro groups is 1. The van der Waals surface area contributed by atoms with Crippen LogP contribution in [0.1, 0.15) is 5.56 Å². The van der Waals surface area contributed by atoms with Crippen molar-refractivity contribution < 1.29 is 19.6 Å². The zero-order chi connectivity index (χ0) is 18.4. The maximum Gasteiger partial charge on any atom is 0.296 e. The number of phenolic OH excluding ortho intramolecular Hbond substituents is 1. The summed E-state index contributed by atoms with van der Waals surface area (Å²) in [6.45, 7) is 0. The lowest BCUT2D eigenvalue weighted by Gasteiger charge is -2.07. The van der Waals surface area contributed by atoms with Crippen molar-refractivity contribution in [3.63, 3.8) is 0 Å². The molecule has 0 fully saturated rings. The van der Waals surface area contributed by atoms with Crippen molar-refractivity contribution >= 4 is 23.4 Å². The van der Waals surface area contributed by atoms with Gasteiger partial charge in [-0.05, 0) is 35.9 Å². The second-order valence-electron chi connectivity index (χ2n) is 4.86. The minimum atomic E-state index is -0.788. The number of amides is 1. The molecular weight excluding hydrogens is 326 g/mol. The number of nitriles is 1. The summed E-state index contributed by atoms with van der Waals surface area (Å²) in [5.74, 6) is -0.470. The SMILES string of the molecule is COc1ccc(NC(=O)C(C#N)=Cc2ccc(O)cc2)c([N+](=O)[O-])c1. The molecular formula is C17H13N3O5. The smallest absolute Gasteiger partial charge is 0.296 e. The Hall–Kier alpha value is -3.86. The van der Waals surface area contributed by atoms with Crippen LogP contribution >= 0.6 is 0 Å². The summed E-state index contributed by atoms with van der Waals surface area (Å²) >= 11 is 0. The van der Waals surface area contributed by atoms with E-state index in [0.717, 1.165) is 0 Å². The van der Waals surface area contributed by atoms with Crippen molar-refractivity contribution in [2.45, 2.75) is 0 Å². The molecule has 0 unspecified atom stereocenters. The van der Waals surface area contributed by atoms with E-state index in [-0.39, 0.29) is 28.4 Å². The number of hydrogen-bond acceptors (Lipinski definition) is 6. The molecule has 0 saturated heterocycles. The largest absolute Gasteiger partial charge is 0.508 e. The van der Waals surface area contributed by atoms with E-state index in [4.69, 9.17) is 10.00 Å². The Morgan fingerprint density at radius 3 is 2.56 bits per heavy atom. The molecule has 2 N–H and O–H groups in total. The first-order chi connectivity index (χ1) is 11.9. The molecule has 2 aromatic carbocycles. The van der Waals surface area contributed by atoms with Crippen molar-refractivity contribution in [1.29, 1.82) is 5.26 Å². The van der Waals surface area contributed by atoms with E-state index in [0.29, 0.717) is 5.56 Å². The number of aromatic hydroxyl groups is 1. The Balaban J connectivity index is 2.30. The number of nitrogens with zero attached hydrogens (tertiary/aromatic N) is 2. The highest BCUT2D eigenvalue weighted by atomic mass is 16.6. The molecule has 1 amide bonds. The maximum absolute atomic E-state index is 12.2. The number of carbonyl (C=O) groups excluding carboxylic acids is 1. The Kier molecular flexibility index (Phi) is 5.32. The van der Waals surface area contributed by atoms with E-state index in [1.807, 2.05) is 0 Å². The van der Waals surface area contributed by atoms with Crippen LogP contribution in [0.4, 0.5) is 11.4 Å². The molecule has 2 rings (SSSR count). The molecule has 0 spiro atoms. The number of ether oxygens (including phenoxy) is 1. The highest BCUT2D eigenvalue weighted by Crippen LogP contribution is 2.29. The average molecular weight is 339 g/mol. The van der Waals surface area contributed by atoms with Crippen LogP contribution in [0, 0.1) is 21.4 Å². The fourth-order valence-electron chi connectivity index (χ4n) is 1.97. The maximum atomic E-state index is 12.2. The lowest BCUT2D eigenvalue weighted by atomic mass is 10.1. The molecule has 2 aromatic rings. The third kappa shape index (κ3) is 4.33. The zero-order valence-electron chi connectivity index (χ0n) is 13.1. The predicted molar refractivity (Wildman–Crippen MR) is 90.0 cm³/mol. The van der Waals surface area contributed by atoms with Crippen molar-refractivity contribution in [2.75, 3.05) is 12.4 Å². The van der Waals surface area contributed by atoms with E-state index in [1.165, 1.54) is 55.7 Å². The van der Waals surface area contributed by atoms with Crippen LogP contribution in [-0.2, 0) is 4.79 Å². The molecule has 0 heterocycles. The topological polar surface area (TPSA) is 125 Å². The molecule has 0 saturated carbocycles. The van der Waals surface area contributed by atoms with Crippen LogP contribution in [0.25, 0.3) is 6.08 Å². The lowest BCUT2D eigenvalue weighted by Crippen LogP contribution is -2.14. The minimum absolute atomic E-state index is 0.0500. The highest BCUT2D eigenvalue weighted by molar-refractivity contribution is 6.10. The lowest BCUT2D eigenvalue weighted by molar-refractivity contribution is -0.384. The van der Waals surface area contributed by atoms with Crippen LogP contribution in [0.15, 0.2) is 48.0 Å². The number of rotatable bonds is 5. The quantitative estimate of drug-likeness (QED) is 0.373. The standard InChI is InChI=1S/C17H13N3O5/c1-25-14-6-7-15(16(9-14)20(23)24)19-17(22)12(10-18)8-11-2-4-13(21)5-3-11/h2-9,21H,1H3,(H,19,22). The van der Waals surface area contributed by atoms with E-state index in [2.05, 4.69) is 5.32 Å². The fourth-order valence-corrected chi connectivity index (χ4v) is 1.97. The van der Waals surface area contributed by atoms with Gasteiger partial charge < -0.3 is 15.2 Å². The van der Waals surface area contributed by atoms with Gasteiger partial charge in [0.1, 0.15) is 28.8 Å². The van der Waals surface area contributed by atoms with E-state index < -0.39 is 10.8 Å². The normalized spacial score (nSPS) is 10.6. The molecule has 0 aliphatic carbocycles. The second kappa shape index (κ2) is 7.61. The van der Waals surface area contributed by atoms with Gasteiger partial charge in [-0.1, -0.05) is 12.1 Å². The Morgan fingerprint density at radius 2 is 2.00 bits per heavy atom. The summed E-state index contributed by atoms with van der Waals surface area (Å²) < 4.78 is 4.92. The monoisotopic (exact) mass is 339 g/mol. The fraction of sp³-hybridized carbons (Fsp3) is 0.0588. The summed E-state index contributed by atoms with van der Waals surface area (Å²) in [6, 6.07) is 11.6. The Morgan fingerprint density at radius 1 is 1.32 bits per heavy atom. The minimum Gasteiger partial charge on any atom is -0.508 e. The molecule has 0 aliphatic heterocycles. The van der Waals surface area contributed by atoms with Crippen molar-refractivity contribution in [3.05, 3.63) is 63.7 Å². The van der Waals surface area contributed by atoms with Crippen LogP contribution in [0.2, 0.25) is 0 Å². The number of anilines is 1. The molecule has 0 atom stereocenters. The van der Waals surface area contributed by atoms with Gasteiger partial charge in [0.25, 0.3) is 11.6 Å².